The van der Waals surface area contributed by atoms with E-state index in [1.165, 1.54) is 0 Å². The maximum absolute atomic E-state index is 6.44. The van der Waals surface area contributed by atoms with Gasteiger partial charge in [0.05, 0.1) is 5.22 Å². The maximum atomic E-state index is 6.44. The average molecular weight is 275 g/mol. The van der Waals surface area contributed by atoms with Crippen molar-refractivity contribution in [2.45, 2.75) is 65.0 Å². The van der Waals surface area contributed by atoms with Crippen LogP contribution in [0.25, 0.3) is 0 Å². The van der Waals surface area contributed by atoms with Gasteiger partial charge in [0.15, 0.2) is 0 Å². The van der Waals surface area contributed by atoms with Crippen LogP contribution in [-0.2, 0) is 8.85 Å². The van der Waals surface area contributed by atoms with E-state index in [4.69, 9.17) is 8.85 Å². The Labute approximate surface area is 110 Å². The quantitative estimate of drug-likeness (QED) is 0.615. The van der Waals surface area contributed by atoms with Crippen LogP contribution >= 0.6 is 0 Å². The predicted octanol–water partition coefficient (Wildman–Crippen LogP) is 4.27. The largest absolute Gasteiger partial charge is 0.415 e. The lowest BCUT2D eigenvalue weighted by molar-refractivity contribution is 0.118. The van der Waals surface area contributed by atoms with E-state index in [1.807, 2.05) is 5.70 Å². The van der Waals surface area contributed by atoms with Crippen molar-refractivity contribution in [2.75, 3.05) is 6.61 Å². The van der Waals surface area contributed by atoms with Crippen molar-refractivity contribution in [3.63, 3.8) is 0 Å². The van der Waals surface area contributed by atoms with Crippen molar-refractivity contribution in [3.05, 3.63) is 12.3 Å². The molecule has 0 saturated carbocycles. The molecule has 0 saturated heterocycles. The van der Waals surface area contributed by atoms with E-state index in [0.717, 1.165) is 19.4 Å². The van der Waals surface area contributed by atoms with Crippen LogP contribution in [0, 0.1) is 0 Å². The first-order chi connectivity index (χ1) is 7.64. The molecule has 0 spiro atoms. The van der Waals surface area contributed by atoms with E-state index in [-0.39, 0.29) is 5.22 Å². The zero-order valence-electron chi connectivity index (χ0n) is 12.7. The summed E-state index contributed by atoms with van der Waals surface area (Å²) in [5, 5.41) is -0.119. The van der Waals surface area contributed by atoms with Gasteiger partial charge < -0.3 is 8.85 Å². The molecule has 0 bridgehead atoms. The van der Waals surface area contributed by atoms with Crippen LogP contribution in [0.4, 0.5) is 0 Å². The highest BCUT2D eigenvalue weighted by molar-refractivity contribution is 6.79. The van der Waals surface area contributed by atoms with Crippen LogP contribution in [0.5, 0.6) is 0 Å². The van der Waals surface area contributed by atoms with Crippen molar-refractivity contribution in [3.8, 4) is 0 Å². The third-order valence-corrected chi connectivity index (χ3v) is 9.69. The Balaban J connectivity index is 4.92. The van der Waals surface area contributed by atoms with Crippen LogP contribution in [0.3, 0.4) is 0 Å². The van der Waals surface area contributed by atoms with Gasteiger partial charge in [-0.25, -0.2) is 0 Å². The summed E-state index contributed by atoms with van der Waals surface area (Å²) >= 11 is 0. The van der Waals surface area contributed by atoms with Gasteiger partial charge in [0.2, 0.25) is 16.6 Å². The first-order valence-corrected chi connectivity index (χ1v) is 12.5. The smallest absolute Gasteiger partial charge is 0.216 e. The Kier molecular flexibility index (Phi) is 6.35. The SMILES string of the molecule is C=C[Si](C)(C)OC(C)(CC)[Si](C)(C)OCCC. The Morgan fingerprint density at radius 2 is 1.71 bits per heavy atom. The third-order valence-electron chi connectivity index (χ3n) is 3.60. The minimum Gasteiger partial charge on any atom is -0.415 e. The van der Waals surface area contributed by atoms with Gasteiger partial charge in [0, 0.05) is 6.61 Å². The monoisotopic (exact) mass is 274 g/mol. The molecule has 0 aliphatic carbocycles. The summed E-state index contributed by atoms with van der Waals surface area (Å²) in [6.45, 7) is 20.2. The van der Waals surface area contributed by atoms with Crippen molar-refractivity contribution in [2.24, 2.45) is 0 Å². The second-order valence-electron chi connectivity index (χ2n) is 5.85. The summed E-state index contributed by atoms with van der Waals surface area (Å²) in [6.07, 6.45) is 2.07. The molecule has 0 radical (unpaired) electrons. The fourth-order valence-electron chi connectivity index (χ4n) is 1.75. The fraction of sp³-hybridized carbons (Fsp3) is 0.846. The highest BCUT2D eigenvalue weighted by Gasteiger charge is 2.47. The molecule has 102 valence electrons. The summed E-state index contributed by atoms with van der Waals surface area (Å²) in [5.74, 6) is 0. The highest BCUT2D eigenvalue weighted by atomic mass is 28.4. The third kappa shape index (κ3) is 4.70. The van der Waals surface area contributed by atoms with Gasteiger partial charge in [-0.1, -0.05) is 19.5 Å². The van der Waals surface area contributed by atoms with Gasteiger partial charge in [-0.15, -0.1) is 6.58 Å². The van der Waals surface area contributed by atoms with E-state index >= 15 is 0 Å². The van der Waals surface area contributed by atoms with Gasteiger partial charge in [-0.2, -0.15) is 0 Å². The minimum absolute atomic E-state index is 0.119. The van der Waals surface area contributed by atoms with E-state index in [2.05, 4.69) is 53.5 Å². The maximum Gasteiger partial charge on any atom is 0.216 e. The second kappa shape index (κ2) is 6.32. The van der Waals surface area contributed by atoms with Gasteiger partial charge in [0.25, 0.3) is 0 Å². The van der Waals surface area contributed by atoms with E-state index in [1.54, 1.807) is 0 Å². The summed E-state index contributed by atoms with van der Waals surface area (Å²) in [5.41, 5.74) is 2.01. The fourth-order valence-corrected chi connectivity index (χ4v) is 6.79. The first-order valence-electron chi connectivity index (χ1n) is 6.62. The Bertz CT molecular complexity index is 252. The van der Waals surface area contributed by atoms with Crippen LogP contribution in [0.2, 0.25) is 26.2 Å². The number of hydrogen-bond donors (Lipinski definition) is 0. The van der Waals surface area contributed by atoms with E-state index in [9.17, 15) is 0 Å². The van der Waals surface area contributed by atoms with Gasteiger partial charge in [-0.05, 0) is 46.0 Å². The topological polar surface area (TPSA) is 18.5 Å². The molecule has 0 aliphatic rings. The zero-order chi connectivity index (χ0) is 13.7. The summed E-state index contributed by atoms with van der Waals surface area (Å²) in [7, 11) is -3.60. The molecule has 1 unspecified atom stereocenters. The normalized spacial score (nSPS) is 16.6. The lowest BCUT2D eigenvalue weighted by Gasteiger charge is -2.45. The summed E-state index contributed by atoms with van der Waals surface area (Å²) < 4.78 is 12.6. The van der Waals surface area contributed by atoms with Gasteiger partial charge in [-0.3, -0.25) is 0 Å². The standard InChI is InChI=1S/C13H30O2Si2/c1-9-12-14-17(7,8)13(4,10-2)15-16(5,6)11-3/h11H,3,9-10,12H2,1-2,4-8H3. The molecule has 0 N–H and O–H groups in total. The summed E-state index contributed by atoms with van der Waals surface area (Å²) in [6, 6.07) is 0. The van der Waals surface area contributed by atoms with E-state index in [0.29, 0.717) is 0 Å². The molecule has 17 heavy (non-hydrogen) atoms. The molecule has 4 heteroatoms. The van der Waals surface area contributed by atoms with E-state index < -0.39 is 16.6 Å². The zero-order valence-corrected chi connectivity index (χ0v) is 14.7. The van der Waals surface area contributed by atoms with Crippen molar-refractivity contribution < 1.29 is 8.85 Å². The molecule has 0 fully saturated rings. The average Bonchev–Trinajstić information content (AvgIpc) is 2.25. The van der Waals surface area contributed by atoms with Crippen LogP contribution in [0.1, 0.15) is 33.6 Å². The first kappa shape index (κ1) is 17.1. The molecule has 0 aromatic heterocycles. The lowest BCUT2D eigenvalue weighted by Crippen LogP contribution is -2.59. The molecule has 0 rings (SSSR count). The predicted molar refractivity (Wildman–Crippen MR) is 81.2 cm³/mol. The second-order valence-corrected chi connectivity index (χ2v) is 14.0. The molecular weight excluding hydrogens is 244 g/mol. The molecule has 0 aromatic carbocycles. The van der Waals surface area contributed by atoms with Crippen molar-refractivity contribution in [1.82, 2.24) is 0 Å². The lowest BCUT2D eigenvalue weighted by atomic mass is 10.3. The molecule has 0 amide bonds. The molecule has 0 heterocycles. The molecular formula is C13H30O2Si2. The number of rotatable bonds is 8. The Morgan fingerprint density at radius 1 is 1.18 bits per heavy atom. The molecule has 2 nitrogen and oxygen atoms in total. The van der Waals surface area contributed by atoms with Crippen LogP contribution in [0.15, 0.2) is 12.3 Å². The molecule has 1 atom stereocenters. The van der Waals surface area contributed by atoms with Crippen molar-refractivity contribution >= 4 is 16.6 Å². The van der Waals surface area contributed by atoms with Gasteiger partial charge >= 0.3 is 0 Å². The number of hydrogen-bond acceptors (Lipinski definition) is 2. The van der Waals surface area contributed by atoms with Gasteiger partial charge in [0.1, 0.15) is 0 Å². The highest BCUT2D eigenvalue weighted by Crippen LogP contribution is 2.32. The van der Waals surface area contributed by atoms with Crippen molar-refractivity contribution in [1.29, 1.82) is 0 Å². The molecule has 0 aromatic rings. The Morgan fingerprint density at radius 3 is 2.06 bits per heavy atom. The van der Waals surface area contributed by atoms with Crippen LogP contribution in [-0.4, -0.2) is 28.5 Å². The minimum atomic E-state index is -1.84. The summed E-state index contributed by atoms with van der Waals surface area (Å²) in [4.78, 5) is 0. The van der Waals surface area contributed by atoms with Crippen LogP contribution < -0.4 is 0 Å². The molecule has 0 aliphatic heterocycles. The Hall–Kier alpha value is 0.0938.